The first-order chi connectivity index (χ1) is 13.3. The first-order valence-electron chi connectivity index (χ1n) is 8.70. The van der Waals surface area contributed by atoms with Crippen LogP contribution in [0, 0.1) is 0 Å². The Labute approximate surface area is 163 Å². The van der Waals surface area contributed by atoms with Crippen molar-refractivity contribution >= 4 is 23.9 Å². The molecule has 9 nitrogen and oxygen atoms in total. The third-order valence-corrected chi connectivity index (χ3v) is 4.57. The van der Waals surface area contributed by atoms with Gasteiger partial charge in [0.1, 0.15) is 5.75 Å². The fraction of sp³-hybridized carbons (Fsp3) is 0.368. The minimum Gasteiger partial charge on any atom is -0.497 e. The van der Waals surface area contributed by atoms with E-state index in [1.165, 1.54) is 25.1 Å². The third kappa shape index (κ3) is 3.98. The summed E-state index contributed by atoms with van der Waals surface area (Å²) in [5.74, 6) is -0.959. The Kier molecular flexibility index (Phi) is 6.40. The predicted molar refractivity (Wildman–Crippen MR) is 105 cm³/mol. The molecule has 0 radical (unpaired) electrons. The number of methoxy groups -OCH3 is 1. The molecular formula is C19H25N5O4. The second-order valence-electron chi connectivity index (χ2n) is 6.36. The van der Waals surface area contributed by atoms with E-state index in [0.29, 0.717) is 16.9 Å². The number of benzene rings is 1. The molecular weight excluding hydrogens is 362 g/mol. The lowest BCUT2D eigenvalue weighted by Gasteiger charge is -2.35. The van der Waals surface area contributed by atoms with Crippen LogP contribution >= 0.6 is 0 Å². The summed E-state index contributed by atoms with van der Waals surface area (Å²) >= 11 is 0. The number of amides is 3. The van der Waals surface area contributed by atoms with Gasteiger partial charge in [0.25, 0.3) is 5.91 Å². The normalized spacial score (nSPS) is 15.9. The van der Waals surface area contributed by atoms with Crippen LogP contribution in [0.4, 0.5) is 0 Å². The number of hydrazone groups is 1. The summed E-state index contributed by atoms with van der Waals surface area (Å²) in [6, 6.07) is 5.22. The number of primary amides is 1. The Bertz CT molecular complexity index is 849. The number of allylic oxidation sites excluding steroid dienone is 1. The summed E-state index contributed by atoms with van der Waals surface area (Å²) in [5.41, 5.74) is 8.34. The van der Waals surface area contributed by atoms with Crippen LogP contribution in [0.25, 0.3) is 0 Å². The maximum atomic E-state index is 12.9. The second kappa shape index (κ2) is 8.55. The van der Waals surface area contributed by atoms with Gasteiger partial charge in [-0.1, -0.05) is 12.1 Å². The first-order valence-corrected chi connectivity index (χ1v) is 8.70. The Morgan fingerprint density at radius 2 is 2.14 bits per heavy atom. The van der Waals surface area contributed by atoms with Crippen LogP contribution in [0.5, 0.6) is 5.75 Å². The topological polar surface area (TPSA) is 126 Å². The molecule has 1 aromatic carbocycles. The molecule has 0 saturated heterocycles. The summed E-state index contributed by atoms with van der Waals surface area (Å²) in [5, 5.41) is 6.56. The van der Waals surface area contributed by atoms with Crippen molar-refractivity contribution < 1.29 is 19.1 Å². The van der Waals surface area contributed by atoms with E-state index in [9.17, 15) is 14.4 Å². The molecule has 0 bridgehead atoms. The number of nitrogens with two attached hydrogens (primary N) is 1. The van der Waals surface area contributed by atoms with Crippen LogP contribution in [-0.2, 0) is 16.1 Å². The van der Waals surface area contributed by atoms with Gasteiger partial charge in [0.2, 0.25) is 11.8 Å². The molecule has 1 aliphatic heterocycles. The molecule has 3 amide bonds. The van der Waals surface area contributed by atoms with Crippen molar-refractivity contribution in [2.45, 2.75) is 25.9 Å². The molecule has 9 heteroatoms. The third-order valence-electron chi connectivity index (χ3n) is 4.57. The van der Waals surface area contributed by atoms with E-state index in [2.05, 4.69) is 15.8 Å². The highest BCUT2D eigenvalue weighted by molar-refractivity contribution is 6.03. The van der Waals surface area contributed by atoms with Crippen LogP contribution in [0.2, 0.25) is 0 Å². The fourth-order valence-electron chi connectivity index (χ4n) is 3.23. The van der Waals surface area contributed by atoms with E-state index >= 15 is 0 Å². The lowest BCUT2D eigenvalue weighted by Crippen LogP contribution is -2.64. The molecule has 0 spiro atoms. The Morgan fingerprint density at radius 1 is 1.43 bits per heavy atom. The van der Waals surface area contributed by atoms with Crippen LogP contribution in [-0.4, -0.2) is 55.1 Å². The largest absolute Gasteiger partial charge is 0.497 e. The van der Waals surface area contributed by atoms with E-state index in [1.54, 1.807) is 38.2 Å². The van der Waals surface area contributed by atoms with Crippen molar-refractivity contribution in [3.8, 4) is 5.75 Å². The van der Waals surface area contributed by atoms with Gasteiger partial charge in [-0.25, -0.2) is 0 Å². The van der Waals surface area contributed by atoms with Gasteiger partial charge in [0.05, 0.1) is 19.9 Å². The van der Waals surface area contributed by atoms with Crippen LogP contribution in [0.15, 0.2) is 34.9 Å². The van der Waals surface area contributed by atoms with Gasteiger partial charge in [-0.3, -0.25) is 14.4 Å². The van der Waals surface area contributed by atoms with Gasteiger partial charge in [-0.15, -0.1) is 0 Å². The van der Waals surface area contributed by atoms with E-state index in [-0.39, 0.29) is 19.0 Å². The molecule has 1 aliphatic rings. The second-order valence-corrected chi connectivity index (χ2v) is 6.36. The smallest absolute Gasteiger partial charge is 0.254 e. The molecule has 2 rings (SSSR count). The van der Waals surface area contributed by atoms with Crippen molar-refractivity contribution in [2.24, 2.45) is 10.8 Å². The van der Waals surface area contributed by atoms with Crippen LogP contribution < -0.4 is 21.2 Å². The zero-order valence-corrected chi connectivity index (χ0v) is 16.4. The number of nitrogens with one attached hydrogen (secondary N) is 2. The Morgan fingerprint density at radius 3 is 2.68 bits per heavy atom. The maximum Gasteiger partial charge on any atom is 0.254 e. The molecule has 1 unspecified atom stereocenters. The quantitative estimate of drug-likeness (QED) is 0.433. The standard InChI is InChI=1S/C19H25N5O4/c1-5-14(9-22-21-3)19(18(20)27,23-12(2)25)11-24-10-13-6-7-15(28-4)8-16(13)17(24)26/h5-9,21H,10-11H2,1-4H3,(H2,20,27)(H,23,25)/b14-5+,22-9-. The number of nitrogens with zero attached hydrogens (tertiary/aromatic N) is 2. The highest BCUT2D eigenvalue weighted by Crippen LogP contribution is 2.29. The molecule has 0 aromatic heterocycles. The van der Waals surface area contributed by atoms with Crippen molar-refractivity contribution in [1.82, 2.24) is 15.6 Å². The van der Waals surface area contributed by atoms with Crippen molar-refractivity contribution in [1.29, 1.82) is 0 Å². The van der Waals surface area contributed by atoms with Gasteiger partial charge in [0, 0.05) is 31.7 Å². The lowest BCUT2D eigenvalue weighted by atomic mass is 9.87. The monoisotopic (exact) mass is 387 g/mol. The lowest BCUT2D eigenvalue weighted by molar-refractivity contribution is -0.129. The van der Waals surface area contributed by atoms with Crippen molar-refractivity contribution in [2.75, 3.05) is 20.7 Å². The Balaban J connectivity index is 2.45. The minimum absolute atomic E-state index is 0.132. The number of hydrogen-bond acceptors (Lipinski definition) is 6. The highest BCUT2D eigenvalue weighted by Gasteiger charge is 2.45. The van der Waals surface area contributed by atoms with Gasteiger partial charge >= 0.3 is 0 Å². The number of rotatable bonds is 8. The van der Waals surface area contributed by atoms with E-state index in [4.69, 9.17) is 10.5 Å². The number of fused-ring (bicyclic) bond motifs is 1. The molecule has 28 heavy (non-hydrogen) atoms. The van der Waals surface area contributed by atoms with Crippen LogP contribution in [0.1, 0.15) is 29.8 Å². The summed E-state index contributed by atoms with van der Waals surface area (Å²) in [4.78, 5) is 38.8. The maximum absolute atomic E-state index is 12.9. The summed E-state index contributed by atoms with van der Waals surface area (Å²) in [6.07, 6.45) is 3.02. The first kappa shape index (κ1) is 20.9. The van der Waals surface area contributed by atoms with E-state index in [1.807, 2.05) is 0 Å². The number of hydrogen-bond donors (Lipinski definition) is 3. The average Bonchev–Trinajstić information content (AvgIpc) is 2.96. The van der Waals surface area contributed by atoms with E-state index in [0.717, 1.165) is 5.56 Å². The molecule has 4 N–H and O–H groups in total. The summed E-state index contributed by atoms with van der Waals surface area (Å²) in [7, 11) is 3.12. The number of carbonyl (C=O) groups excluding carboxylic acids is 3. The molecule has 1 atom stereocenters. The summed E-state index contributed by atoms with van der Waals surface area (Å²) < 4.78 is 5.18. The fourth-order valence-corrected chi connectivity index (χ4v) is 3.23. The van der Waals surface area contributed by atoms with Crippen molar-refractivity contribution in [3.05, 3.63) is 41.0 Å². The molecule has 0 aliphatic carbocycles. The molecule has 0 fully saturated rings. The summed E-state index contributed by atoms with van der Waals surface area (Å²) in [6.45, 7) is 3.13. The average molecular weight is 387 g/mol. The zero-order valence-electron chi connectivity index (χ0n) is 16.4. The highest BCUT2D eigenvalue weighted by atomic mass is 16.5. The van der Waals surface area contributed by atoms with Gasteiger partial charge < -0.3 is 26.1 Å². The molecule has 150 valence electrons. The van der Waals surface area contributed by atoms with Gasteiger partial charge in [0.15, 0.2) is 5.54 Å². The SMILES string of the molecule is C/C=C(\C=N/NC)C(CN1Cc2ccc(OC)cc2C1=O)(NC(C)=O)C(N)=O. The zero-order chi connectivity index (χ0) is 20.9. The number of carbonyl (C=O) groups is 3. The molecule has 0 saturated carbocycles. The van der Waals surface area contributed by atoms with Gasteiger partial charge in [-0.2, -0.15) is 5.10 Å². The van der Waals surface area contributed by atoms with E-state index < -0.39 is 17.4 Å². The van der Waals surface area contributed by atoms with Crippen LogP contribution in [0.3, 0.4) is 0 Å². The predicted octanol–water partition coefficient (Wildman–Crippen LogP) is 0.163. The number of ether oxygens (including phenoxy) is 1. The molecule has 1 heterocycles. The Hall–Kier alpha value is -3.36. The van der Waals surface area contributed by atoms with Crippen molar-refractivity contribution in [3.63, 3.8) is 0 Å². The molecule has 1 aromatic rings. The van der Waals surface area contributed by atoms with Gasteiger partial charge in [-0.05, 0) is 24.6 Å². The minimum atomic E-state index is -1.62.